The van der Waals surface area contributed by atoms with Crippen LogP contribution < -0.4 is 5.73 Å². The average Bonchev–Trinajstić information content (AvgIpc) is 2.22. The van der Waals surface area contributed by atoms with Gasteiger partial charge in [-0.1, -0.05) is 27.2 Å². The Labute approximate surface area is 111 Å². The van der Waals surface area contributed by atoms with Gasteiger partial charge in [-0.05, 0) is 25.7 Å². The highest BCUT2D eigenvalue weighted by atomic mass is 16.3. The Balaban J connectivity index is 2.30. The molecule has 1 fully saturated rings. The minimum Gasteiger partial charge on any atom is -0.386 e. The van der Waals surface area contributed by atoms with Gasteiger partial charge in [0.15, 0.2) is 0 Å². The predicted octanol–water partition coefficient (Wildman–Crippen LogP) is 1.37. The van der Waals surface area contributed by atoms with Crippen molar-refractivity contribution < 1.29 is 9.90 Å². The Morgan fingerprint density at radius 1 is 1.28 bits per heavy atom. The van der Waals surface area contributed by atoms with Crippen LogP contribution in [0.4, 0.5) is 0 Å². The van der Waals surface area contributed by atoms with Crippen molar-refractivity contribution in [2.75, 3.05) is 13.1 Å². The van der Waals surface area contributed by atoms with Crippen molar-refractivity contribution in [1.82, 2.24) is 4.90 Å². The highest BCUT2D eigenvalue weighted by Crippen LogP contribution is 2.30. The minimum absolute atomic E-state index is 0.0421. The number of nitrogens with zero attached hydrogens (tertiary/aromatic N) is 1. The van der Waals surface area contributed by atoms with Gasteiger partial charge in [-0.2, -0.15) is 0 Å². The highest BCUT2D eigenvalue weighted by Gasteiger charge is 2.46. The van der Waals surface area contributed by atoms with Gasteiger partial charge in [0, 0.05) is 12.0 Å². The molecular formula is C14H28N2O2. The summed E-state index contributed by atoms with van der Waals surface area (Å²) in [6, 6.07) is 0.211. The Morgan fingerprint density at radius 2 is 1.83 bits per heavy atom. The van der Waals surface area contributed by atoms with Crippen LogP contribution in [0.3, 0.4) is 0 Å². The number of amides is 1. The third-order valence-corrected chi connectivity index (χ3v) is 4.03. The van der Waals surface area contributed by atoms with Crippen LogP contribution in [0.25, 0.3) is 0 Å². The van der Waals surface area contributed by atoms with Gasteiger partial charge in [-0.25, -0.2) is 0 Å². The predicted molar refractivity (Wildman–Crippen MR) is 73.0 cm³/mol. The second kappa shape index (κ2) is 6.02. The average molecular weight is 256 g/mol. The van der Waals surface area contributed by atoms with Gasteiger partial charge in [0.05, 0.1) is 13.1 Å². The van der Waals surface area contributed by atoms with E-state index in [0.717, 1.165) is 19.3 Å². The molecule has 4 heteroatoms. The molecule has 2 atom stereocenters. The summed E-state index contributed by atoms with van der Waals surface area (Å²) in [6.45, 7) is 8.92. The van der Waals surface area contributed by atoms with Crippen LogP contribution in [0.2, 0.25) is 0 Å². The van der Waals surface area contributed by atoms with Gasteiger partial charge < -0.3 is 15.7 Å². The maximum atomic E-state index is 12.1. The molecule has 4 nitrogen and oxygen atoms in total. The van der Waals surface area contributed by atoms with Crippen molar-refractivity contribution in [2.24, 2.45) is 17.6 Å². The van der Waals surface area contributed by atoms with Crippen LogP contribution in [-0.4, -0.2) is 40.6 Å². The lowest BCUT2D eigenvalue weighted by atomic mass is 9.82. The third-order valence-electron chi connectivity index (χ3n) is 4.03. The molecule has 0 bridgehead atoms. The topological polar surface area (TPSA) is 66.6 Å². The molecular weight excluding hydrogens is 228 g/mol. The van der Waals surface area contributed by atoms with E-state index in [1.54, 1.807) is 4.90 Å². The zero-order chi connectivity index (χ0) is 13.9. The van der Waals surface area contributed by atoms with E-state index < -0.39 is 5.60 Å². The molecule has 0 aromatic rings. The summed E-state index contributed by atoms with van der Waals surface area (Å²) < 4.78 is 0. The van der Waals surface area contributed by atoms with E-state index in [0.29, 0.717) is 13.1 Å². The number of hydrogen-bond acceptors (Lipinski definition) is 3. The SMILES string of the molecule is CC(N)CCCC(C)C(=O)N1CC(O)(C(C)C)C1. The number of aliphatic hydroxyl groups is 1. The fourth-order valence-corrected chi connectivity index (χ4v) is 2.32. The molecule has 1 rings (SSSR count). The Hall–Kier alpha value is -0.610. The molecule has 0 radical (unpaired) electrons. The van der Waals surface area contributed by atoms with Gasteiger partial charge in [0.2, 0.25) is 5.91 Å². The largest absolute Gasteiger partial charge is 0.386 e. The van der Waals surface area contributed by atoms with Crippen molar-refractivity contribution in [1.29, 1.82) is 0 Å². The van der Waals surface area contributed by atoms with E-state index in [1.807, 2.05) is 27.7 Å². The van der Waals surface area contributed by atoms with Crippen LogP contribution in [0.5, 0.6) is 0 Å². The maximum absolute atomic E-state index is 12.1. The lowest BCUT2D eigenvalue weighted by molar-refractivity contribution is -0.167. The zero-order valence-electron chi connectivity index (χ0n) is 12.1. The van der Waals surface area contributed by atoms with Crippen molar-refractivity contribution in [3.63, 3.8) is 0 Å². The summed E-state index contributed by atoms with van der Waals surface area (Å²) in [4.78, 5) is 13.9. The second-order valence-electron chi connectivity index (χ2n) is 6.26. The number of carbonyl (C=O) groups is 1. The highest BCUT2D eigenvalue weighted by molar-refractivity contribution is 5.79. The fourth-order valence-electron chi connectivity index (χ4n) is 2.32. The Morgan fingerprint density at radius 3 is 2.28 bits per heavy atom. The quantitative estimate of drug-likeness (QED) is 0.754. The molecule has 0 saturated carbocycles. The number of hydrogen-bond donors (Lipinski definition) is 2. The number of β-amino-alcohol motifs (C(OH)–C–C–N with tert-alkyl or cyclic N) is 1. The number of likely N-dealkylation sites (tertiary alicyclic amines) is 1. The van der Waals surface area contributed by atoms with Crippen molar-refractivity contribution >= 4 is 5.91 Å². The van der Waals surface area contributed by atoms with Crippen molar-refractivity contribution in [2.45, 2.75) is 58.6 Å². The van der Waals surface area contributed by atoms with E-state index in [-0.39, 0.29) is 23.8 Å². The van der Waals surface area contributed by atoms with Gasteiger partial charge >= 0.3 is 0 Å². The molecule has 1 heterocycles. The van der Waals surface area contributed by atoms with Gasteiger partial charge in [0.25, 0.3) is 0 Å². The van der Waals surface area contributed by atoms with Crippen LogP contribution in [-0.2, 0) is 4.79 Å². The standard InChI is InChI=1S/C14H28N2O2/c1-10(2)14(18)8-16(9-14)13(17)11(3)6-5-7-12(4)15/h10-12,18H,5-9,15H2,1-4H3. The summed E-state index contributed by atoms with van der Waals surface area (Å²) in [5, 5.41) is 10.1. The minimum atomic E-state index is -0.666. The lowest BCUT2D eigenvalue weighted by Gasteiger charge is -2.49. The Bertz CT molecular complexity index is 284. The Kier molecular flexibility index (Phi) is 5.17. The molecule has 0 aliphatic carbocycles. The summed E-state index contributed by atoms with van der Waals surface area (Å²) in [5.74, 6) is 0.417. The zero-order valence-corrected chi connectivity index (χ0v) is 12.1. The van der Waals surface area contributed by atoms with Gasteiger partial charge in [-0.15, -0.1) is 0 Å². The first-order chi connectivity index (χ1) is 8.26. The van der Waals surface area contributed by atoms with Crippen molar-refractivity contribution in [3.05, 3.63) is 0 Å². The first-order valence-electron chi connectivity index (χ1n) is 7.03. The number of carbonyl (C=O) groups excluding carboxylic acids is 1. The molecule has 1 aliphatic heterocycles. The van der Waals surface area contributed by atoms with E-state index >= 15 is 0 Å². The van der Waals surface area contributed by atoms with Gasteiger partial charge in [-0.3, -0.25) is 4.79 Å². The van der Waals surface area contributed by atoms with Crippen molar-refractivity contribution in [3.8, 4) is 0 Å². The summed E-state index contributed by atoms with van der Waals surface area (Å²) >= 11 is 0. The molecule has 3 N–H and O–H groups in total. The summed E-state index contributed by atoms with van der Waals surface area (Å²) in [5.41, 5.74) is 5.03. The first-order valence-corrected chi connectivity index (χ1v) is 7.03. The van der Waals surface area contributed by atoms with E-state index in [1.165, 1.54) is 0 Å². The van der Waals surface area contributed by atoms with Crippen LogP contribution in [0.1, 0.15) is 47.0 Å². The molecule has 2 unspecified atom stereocenters. The van der Waals surface area contributed by atoms with Gasteiger partial charge in [0.1, 0.15) is 5.60 Å². The van der Waals surface area contributed by atoms with E-state index in [4.69, 9.17) is 5.73 Å². The molecule has 1 saturated heterocycles. The normalized spacial score (nSPS) is 21.6. The monoisotopic (exact) mass is 256 g/mol. The number of nitrogens with two attached hydrogens (primary N) is 1. The molecule has 1 aliphatic rings. The number of rotatable bonds is 6. The third kappa shape index (κ3) is 3.69. The van der Waals surface area contributed by atoms with E-state index in [9.17, 15) is 9.90 Å². The van der Waals surface area contributed by atoms with Crippen LogP contribution in [0.15, 0.2) is 0 Å². The first kappa shape index (κ1) is 15.4. The molecule has 18 heavy (non-hydrogen) atoms. The molecule has 1 amide bonds. The smallest absolute Gasteiger partial charge is 0.225 e. The fraction of sp³-hybridized carbons (Fsp3) is 0.929. The lowest BCUT2D eigenvalue weighted by Crippen LogP contribution is -2.66. The van der Waals surface area contributed by atoms with E-state index in [2.05, 4.69) is 0 Å². The molecule has 0 aromatic carbocycles. The maximum Gasteiger partial charge on any atom is 0.225 e. The second-order valence-corrected chi connectivity index (χ2v) is 6.26. The van der Waals surface area contributed by atoms with Crippen LogP contribution >= 0.6 is 0 Å². The molecule has 0 spiro atoms. The summed E-state index contributed by atoms with van der Waals surface area (Å²) in [7, 11) is 0. The van der Waals surface area contributed by atoms with Crippen LogP contribution in [0, 0.1) is 11.8 Å². The molecule has 0 aromatic heterocycles. The summed E-state index contributed by atoms with van der Waals surface area (Å²) in [6.07, 6.45) is 2.84. The molecule has 106 valence electrons.